The Morgan fingerprint density at radius 1 is 1.13 bits per heavy atom. The van der Waals surface area contributed by atoms with Crippen LogP contribution in [-0.2, 0) is 4.74 Å². The Kier molecular flexibility index (Phi) is 8.12. The molecule has 8 nitrogen and oxygen atoms in total. The number of ether oxygens (including phenoxy) is 1. The van der Waals surface area contributed by atoms with Crippen molar-refractivity contribution in [2.24, 2.45) is 10.9 Å². The molecule has 3 heterocycles. The van der Waals surface area contributed by atoms with E-state index in [9.17, 15) is 4.79 Å². The summed E-state index contributed by atoms with van der Waals surface area (Å²) < 4.78 is 11.6. The van der Waals surface area contributed by atoms with Gasteiger partial charge in [-0.1, -0.05) is 60.1 Å². The van der Waals surface area contributed by atoms with Crippen LogP contribution in [0.25, 0.3) is 5.57 Å². The maximum Gasteiger partial charge on any atom is 0.409 e. The molecule has 2 atom stereocenters. The second kappa shape index (κ2) is 11.7. The number of nitrogens with zero attached hydrogens (tertiary/aromatic N) is 4. The number of aliphatic imine (C=N–C) groups is 1. The zero-order chi connectivity index (χ0) is 26.6. The summed E-state index contributed by atoms with van der Waals surface area (Å²) >= 11 is 6.17. The molecule has 200 valence electrons. The third-order valence-electron chi connectivity index (χ3n) is 7.16. The lowest BCUT2D eigenvalue weighted by molar-refractivity contribution is 0.0850. The highest BCUT2D eigenvalue weighted by Gasteiger charge is 2.33. The molecule has 1 fully saturated rings. The minimum absolute atomic E-state index is 0.251. The van der Waals surface area contributed by atoms with Gasteiger partial charge in [0.25, 0.3) is 6.23 Å². The van der Waals surface area contributed by atoms with E-state index in [4.69, 9.17) is 25.9 Å². The average molecular weight is 536 g/mol. The van der Waals surface area contributed by atoms with E-state index >= 15 is 0 Å². The number of carbonyl (C=O) groups excluding carboxylic acids is 1. The number of fused-ring (bicyclic) bond motifs is 2. The van der Waals surface area contributed by atoms with Gasteiger partial charge in [-0.15, -0.1) is 0 Å². The van der Waals surface area contributed by atoms with Crippen molar-refractivity contribution in [3.63, 3.8) is 0 Å². The first-order valence-corrected chi connectivity index (χ1v) is 13.5. The molecule has 1 unspecified atom stereocenters. The normalized spacial score (nSPS) is 21.8. The van der Waals surface area contributed by atoms with E-state index in [0.29, 0.717) is 28.7 Å². The molecule has 0 saturated carbocycles. The number of aromatic nitrogens is 1. The predicted molar refractivity (Wildman–Crippen MR) is 149 cm³/mol. The highest BCUT2D eigenvalue weighted by molar-refractivity contribution is 6.30. The number of allylic oxidation sites excluding steroid dienone is 6. The lowest BCUT2D eigenvalue weighted by Gasteiger charge is -2.32. The number of hydrogen-bond acceptors (Lipinski definition) is 7. The van der Waals surface area contributed by atoms with Crippen molar-refractivity contribution in [1.29, 1.82) is 0 Å². The molecule has 0 bridgehead atoms. The number of rotatable bonds is 6. The van der Waals surface area contributed by atoms with Gasteiger partial charge in [0, 0.05) is 48.9 Å². The SMILES string of the molecule is Cc1noc2c1C1=C(C=CC(C)C=C1)C(c1ccc(Cl)cc1)=N[C@H]2OC(=O)NCCCN1CCN(C)CC1. The van der Waals surface area contributed by atoms with E-state index < -0.39 is 12.3 Å². The highest BCUT2D eigenvalue weighted by Crippen LogP contribution is 2.39. The molecule has 1 aromatic heterocycles. The minimum atomic E-state index is -0.986. The Hall–Kier alpha value is -3.20. The highest BCUT2D eigenvalue weighted by atomic mass is 35.5. The largest absolute Gasteiger partial charge is 0.416 e. The number of aryl methyl sites for hydroxylation is 1. The molecule has 1 saturated heterocycles. The predicted octanol–water partition coefficient (Wildman–Crippen LogP) is 5.02. The smallest absolute Gasteiger partial charge is 0.409 e. The molecule has 0 radical (unpaired) electrons. The van der Waals surface area contributed by atoms with E-state index in [1.54, 1.807) is 0 Å². The van der Waals surface area contributed by atoms with Crippen LogP contribution < -0.4 is 5.32 Å². The zero-order valence-corrected chi connectivity index (χ0v) is 22.9. The first-order valence-electron chi connectivity index (χ1n) is 13.2. The fourth-order valence-corrected chi connectivity index (χ4v) is 5.04. The third kappa shape index (κ3) is 5.93. The van der Waals surface area contributed by atoms with Crippen LogP contribution in [0.4, 0.5) is 4.79 Å². The fourth-order valence-electron chi connectivity index (χ4n) is 4.92. The van der Waals surface area contributed by atoms with Gasteiger partial charge in [-0.2, -0.15) is 0 Å². The lowest BCUT2D eigenvalue weighted by atomic mass is 9.93. The maximum atomic E-state index is 12.9. The van der Waals surface area contributed by atoms with Crippen molar-refractivity contribution >= 4 is 29.0 Å². The summed E-state index contributed by atoms with van der Waals surface area (Å²) in [5.74, 6) is 0.667. The summed E-state index contributed by atoms with van der Waals surface area (Å²) in [7, 11) is 2.14. The lowest BCUT2D eigenvalue weighted by Crippen LogP contribution is -2.45. The average Bonchev–Trinajstić information content (AvgIpc) is 3.10. The van der Waals surface area contributed by atoms with Crippen LogP contribution in [0.1, 0.15) is 42.2 Å². The number of alkyl carbamates (subject to hydrolysis) is 1. The summed E-state index contributed by atoms with van der Waals surface area (Å²) in [6.07, 6.45) is 7.73. The fraction of sp³-hybridized carbons (Fsp3) is 0.414. The van der Waals surface area contributed by atoms with E-state index in [2.05, 4.69) is 58.5 Å². The van der Waals surface area contributed by atoms with Crippen molar-refractivity contribution in [3.05, 3.63) is 81.7 Å². The molecule has 1 N–H and O–H groups in total. The second-order valence-corrected chi connectivity index (χ2v) is 10.5. The molecule has 1 aromatic carbocycles. The molecule has 1 amide bonds. The van der Waals surface area contributed by atoms with Gasteiger partial charge in [0.1, 0.15) is 0 Å². The van der Waals surface area contributed by atoms with Gasteiger partial charge in [-0.05, 0) is 50.6 Å². The van der Waals surface area contributed by atoms with E-state index in [-0.39, 0.29) is 5.92 Å². The Morgan fingerprint density at radius 3 is 2.58 bits per heavy atom. The van der Waals surface area contributed by atoms with Crippen LogP contribution in [0, 0.1) is 12.8 Å². The summed E-state index contributed by atoms with van der Waals surface area (Å²) in [6, 6.07) is 7.50. The zero-order valence-electron chi connectivity index (χ0n) is 22.1. The van der Waals surface area contributed by atoms with Crippen LogP contribution in [0.2, 0.25) is 5.02 Å². The van der Waals surface area contributed by atoms with Crippen LogP contribution in [-0.4, -0.2) is 73.1 Å². The number of benzene rings is 1. The number of amides is 1. The number of hydrogen-bond donors (Lipinski definition) is 1. The minimum Gasteiger partial charge on any atom is -0.416 e. The molecule has 38 heavy (non-hydrogen) atoms. The quantitative estimate of drug-likeness (QED) is 0.523. The number of piperazine rings is 1. The van der Waals surface area contributed by atoms with Gasteiger partial charge in [0.15, 0.2) is 0 Å². The van der Waals surface area contributed by atoms with Crippen molar-refractivity contribution in [2.45, 2.75) is 26.5 Å². The van der Waals surface area contributed by atoms with Crippen molar-refractivity contribution in [3.8, 4) is 0 Å². The molecular formula is C29H34ClN5O3. The third-order valence-corrected chi connectivity index (χ3v) is 7.41. The Balaban J connectivity index is 1.38. The van der Waals surface area contributed by atoms with Gasteiger partial charge < -0.3 is 24.4 Å². The molecular weight excluding hydrogens is 502 g/mol. The van der Waals surface area contributed by atoms with Gasteiger partial charge >= 0.3 is 6.09 Å². The molecule has 9 heteroatoms. The maximum absolute atomic E-state index is 12.9. The summed E-state index contributed by atoms with van der Waals surface area (Å²) in [4.78, 5) is 22.6. The molecule has 2 aromatic rings. The summed E-state index contributed by atoms with van der Waals surface area (Å²) in [6.45, 7) is 9.73. The van der Waals surface area contributed by atoms with E-state index in [0.717, 1.165) is 61.4 Å². The molecule has 5 rings (SSSR count). The first-order chi connectivity index (χ1) is 18.4. The standard InChI is InChI=1S/C29H34ClN5O3/c1-19-5-11-23-24(12-6-19)26(21-7-9-22(30)10-8-21)32-28(27-25(23)20(2)33-38-27)37-29(36)31-13-4-14-35-17-15-34(3)16-18-35/h5-12,19,28H,4,13-18H2,1-3H3,(H,31,36)/t19?,28-/m0/s1. The van der Waals surface area contributed by atoms with Crippen LogP contribution in [0.3, 0.4) is 0 Å². The Labute approximate surface area is 228 Å². The number of halogens is 1. The number of likely N-dealkylation sites (N-methyl/N-ethyl adjacent to an activating group) is 1. The van der Waals surface area contributed by atoms with Crippen molar-refractivity contribution in [1.82, 2.24) is 20.3 Å². The van der Waals surface area contributed by atoms with Crippen LogP contribution >= 0.6 is 11.6 Å². The topological polar surface area (TPSA) is 83.2 Å². The molecule has 3 aliphatic rings. The van der Waals surface area contributed by atoms with Gasteiger partial charge in [0.05, 0.1) is 17.0 Å². The van der Waals surface area contributed by atoms with E-state index in [1.807, 2.05) is 31.2 Å². The van der Waals surface area contributed by atoms with E-state index in [1.165, 1.54) is 0 Å². The molecule has 0 spiro atoms. The van der Waals surface area contributed by atoms with Gasteiger partial charge in [-0.25, -0.2) is 9.79 Å². The summed E-state index contributed by atoms with van der Waals surface area (Å²) in [5.41, 5.74) is 4.94. The molecule has 1 aliphatic carbocycles. The Morgan fingerprint density at radius 2 is 1.84 bits per heavy atom. The summed E-state index contributed by atoms with van der Waals surface area (Å²) in [5, 5.41) is 7.73. The van der Waals surface area contributed by atoms with Gasteiger partial charge in [-0.3, -0.25) is 0 Å². The van der Waals surface area contributed by atoms with Crippen molar-refractivity contribution < 1.29 is 14.1 Å². The molecule has 2 aliphatic heterocycles. The monoisotopic (exact) mass is 535 g/mol. The van der Waals surface area contributed by atoms with Gasteiger partial charge in [0.2, 0.25) is 5.76 Å². The second-order valence-electron chi connectivity index (χ2n) is 10.1. The number of carbonyl (C=O) groups is 1. The van der Waals surface area contributed by atoms with Crippen molar-refractivity contribution in [2.75, 3.05) is 46.3 Å². The van der Waals surface area contributed by atoms with Crippen LogP contribution in [0.5, 0.6) is 0 Å². The van der Waals surface area contributed by atoms with Crippen LogP contribution in [0.15, 0.2) is 63.7 Å². The number of nitrogens with one attached hydrogen (secondary N) is 1. The Bertz CT molecular complexity index is 1290. The first kappa shape index (κ1) is 26.4.